The predicted octanol–water partition coefficient (Wildman–Crippen LogP) is 14.3. The highest BCUT2D eigenvalue weighted by molar-refractivity contribution is 6.07. The van der Waals surface area contributed by atoms with Crippen molar-refractivity contribution in [2.45, 2.75) is 70.8 Å². The third kappa shape index (κ3) is 4.45. The number of nitrogens with zero attached hydrogens (tertiary/aromatic N) is 1. The van der Waals surface area contributed by atoms with Crippen molar-refractivity contribution in [3.63, 3.8) is 0 Å². The fraction of sp³-hybridized carbons (Fsp3) is 0.208. The number of rotatable bonds is 4. The van der Waals surface area contributed by atoms with Crippen LogP contribution in [-0.4, -0.2) is 6.04 Å². The maximum atomic E-state index is 2.66. The van der Waals surface area contributed by atoms with Gasteiger partial charge in [-0.1, -0.05) is 145 Å². The van der Waals surface area contributed by atoms with E-state index in [9.17, 15) is 0 Å². The number of hydrogen-bond acceptors (Lipinski definition) is 1. The minimum atomic E-state index is -0.0100. The van der Waals surface area contributed by atoms with E-state index in [4.69, 9.17) is 0 Å². The van der Waals surface area contributed by atoms with Crippen LogP contribution < -0.4 is 4.90 Å². The Labute approximate surface area is 319 Å². The van der Waals surface area contributed by atoms with Crippen LogP contribution in [0.4, 0.5) is 11.4 Å². The molecule has 2 atom stereocenters. The molecule has 262 valence electrons. The van der Waals surface area contributed by atoms with Gasteiger partial charge < -0.3 is 4.90 Å². The van der Waals surface area contributed by atoms with Crippen LogP contribution in [0.25, 0.3) is 54.9 Å². The molecule has 54 heavy (non-hydrogen) atoms. The lowest BCUT2D eigenvalue weighted by Gasteiger charge is -2.26. The molecule has 0 spiro atoms. The van der Waals surface area contributed by atoms with Gasteiger partial charge >= 0.3 is 0 Å². The molecule has 2 unspecified atom stereocenters. The average molecular weight is 696 g/mol. The van der Waals surface area contributed by atoms with Crippen molar-refractivity contribution >= 4 is 44.1 Å². The highest BCUT2D eigenvalue weighted by Crippen LogP contribution is 2.60. The van der Waals surface area contributed by atoms with Crippen LogP contribution in [0.2, 0.25) is 0 Å². The maximum absolute atomic E-state index is 2.66. The number of anilines is 2. The molecule has 2 aliphatic carbocycles. The number of benzene rings is 7. The van der Waals surface area contributed by atoms with Gasteiger partial charge in [-0.3, -0.25) is 0 Å². The first-order valence-electron chi connectivity index (χ1n) is 19.9. The highest BCUT2D eigenvalue weighted by Gasteiger charge is 2.48. The second kappa shape index (κ2) is 11.2. The summed E-state index contributed by atoms with van der Waals surface area (Å²) in [5, 5.41) is 5.31. The highest BCUT2D eigenvalue weighted by atomic mass is 15.2. The Morgan fingerprint density at radius 1 is 0.519 bits per heavy atom. The second-order valence-corrected chi connectivity index (χ2v) is 17.4. The molecular weight excluding hydrogens is 651 g/mol. The molecule has 2 aliphatic heterocycles. The van der Waals surface area contributed by atoms with E-state index in [1.54, 1.807) is 0 Å². The number of allylic oxidation sites excluding steroid dienone is 2. The molecule has 0 saturated carbocycles. The van der Waals surface area contributed by atoms with Crippen LogP contribution in [0, 0.1) is 0 Å². The summed E-state index contributed by atoms with van der Waals surface area (Å²) in [6.07, 6.45) is 5.07. The summed E-state index contributed by atoms with van der Waals surface area (Å²) in [6, 6.07) is 49.6. The Morgan fingerprint density at radius 2 is 1.15 bits per heavy atom. The minimum Gasteiger partial charge on any atom is -0.332 e. The van der Waals surface area contributed by atoms with Gasteiger partial charge in [0.15, 0.2) is 0 Å². The van der Waals surface area contributed by atoms with E-state index in [0.717, 1.165) is 0 Å². The van der Waals surface area contributed by atoms with Gasteiger partial charge in [0.2, 0.25) is 0 Å². The molecule has 7 aromatic carbocycles. The third-order valence-corrected chi connectivity index (χ3v) is 13.3. The molecule has 2 heterocycles. The van der Waals surface area contributed by atoms with Gasteiger partial charge in [0.05, 0.1) is 11.7 Å². The van der Waals surface area contributed by atoms with Gasteiger partial charge in [0, 0.05) is 22.6 Å². The smallest absolute Gasteiger partial charge is 0.0702 e. The predicted molar refractivity (Wildman–Crippen MR) is 230 cm³/mol. The molecule has 0 radical (unpaired) electrons. The van der Waals surface area contributed by atoms with E-state index in [0.29, 0.717) is 11.8 Å². The normalized spacial score (nSPS) is 18.5. The van der Waals surface area contributed by atoms with Gasteiger partial charge in [-0.15, -0.1) is 0 Å². The lowest BCUT2D eigenvalue weighted by Crippen LogP contribution is -2.26. The molecule has 0 bridgehead atoms. The first-order chi connectivity index (χ1) is 26.1. The molecule has 1 nitrogen and oxygen atoms in total. The number of fused-ring (bicyclic) bond motifs is 11. The summed E-state index contributed by atoms with van der Waals surface area (Å²) >= 11 is 0. The van der Waals surface area contributed by atoms with Crippen molar-refractivity contribution in [1.29, 1.82) is 0 Å². The monoisotopic (exact) mass is 695 g/mol. The Hall–Kier alpha value is -5.66. The van der Waals surface area contributed by atoms with Crippen LogP contribution in [0.5, 0.6) is 0 Å². The van der Waals surface area contributed by atoms with Crippen molar-refractivity contribution < 1.29 is 0 Å². The van der Waals surface area contributed by atoms with Crippen molar-refractivity contribution in [3.8, 4) is 22.3 Å². The Balaban J connectivity index is 1.04. The van der Waals surface area contributed by atoms with E-state index in [1.165, 1.54) is 105 Å². The zero-order valence-electron chi connectivity index (χ0n) is 32.0. The third-order valence-electron chi connectivity index (χ3n) is 13.3. The van der Waals surface area contributed by atoms with Crippen LogP contribution >= 0.6 is 0 Å². The topological polar surface area (TPSA) is 3.24 Å². The molecule has 4 aliphatic rings. The van der Waals surface area contributed by atoms with Gasteiger partial charge in [-0.2, -0.15) is 0 Å². The van der Waals surface area contributed by atoms with Crippen molar-refractivity contribution in [1.82, 2.24) is 0 Å². The van der Waals surface area contributed by atoms with E-state index in [2.05, 4.69) is 186 Å². The van der Waals surface area contributed by atoms with Crippen molar-refractivity contribution in [2.24, 2.45) is 0 Å². The molecule has 0 amide bonds. The SMILES string of the molecule is CC(C)c1ccc2cc3c(cc2c1)C1=CC(c2ccc(-c4ccc5c(c4)C(C)(C)c4ccccc4-5)cc2)=CC2c4cc5cc(C(C)C)ccc5cc4N3C12. The zero-order valence-corrected chi connectivity index (χ0v) is 32.0. The molecular formula is C53H45N. The molecule has 0 fully saturated rings. The maximum Gasteiger partial charge on any atom is 0.0702 e. The van der Waals surface area contributed by atoms with Gasteiger partial charge in [-0.05, 0) is 137 Å². The summed E-state index contributed by atoms with van der Waals surface area (Å²) in [7, 11) is 0. The standard InChI is InChI=1S/C53H45N/c1-30(2)34-15-17-37-28-50-44(23-39(37)21-34)46-25-41(26-47-45-24-40-22-35(31(3)4)16-18-38(40)29-51(45)54(50)52(46)47)33-13-11-32(12-14-33)36-19-20-43-42-9-7-8-10-48(42)53(5,6)49(43)27-36/h7-31,46,52H,1-6H3. The second-order valence-electron chi connectivity index (χ2n) is 17.4. The van der Waals surface area contributed by atoms with Gasteiger partial charge in [-0.25, -0.2) is 0 Å². The lowest BCUT2D eigenvalue weighted by molar-refractivity contribution is 0.660. The molecule has 0 aromatic heterocycles. The van der Waals surface area contributed by atoms with Crippen LogP contribution in [0.1, 0.15) is 98.2 Å². The fourth-order valence-electron chi connectivity index (χ4n) is 10.2. The lowest BCUT2D eigenvalue weighted by atomic mass is 9.80. The Bertz CT molecular complexity index is 2810. The van der Waals surface area contributed by atoms with Crippen molar-refractivity contribution in [3.05, 3.63) is 178 Å². The van der Waals surface area contributed by atoms with Crippen LogP contribution in [-0.2, 0) is 5.41 Å². The van der Waals surface area contributed by atoms with Gasteiger partial charge in [0.25, 0.3) is 0 Å². The van der Waals surface area contributed by atoms with Crippen molar-refractivity contribution in [2.75, 3.05) is 4.90 Å². The summed E-state index contributed by atoms with van der Waals surface area (Å²) in [4.78, 5) is 2.66. The zero-order chi connectivity index (χ0) is 36.6. The Kier molecular flexibility index (Phi) is 6.59. The van der Waals surface area contributed by atoms with E-state index >= 15 is 0 Å². The summed E-state index contributed by atoms with van der Waals surface area (Å²) in [6.45, 7) is 13.9. The van der Waals surface area contributed by atoms with Crippen LogP contribution in [0.15, 0.2) is 140 Å². The molecule has 0 saturated heterocycles. The first-order valence-corrected chi connectivity index (χ1v) is 19.9. The molecule has 1 heteroatoms. The fourth-order valence-corrected chi connectivity index (χ4v) is 10.2. The quantitative estimate of drug-likeness (QED) is 0.177. The largest absolute Gasteiger partial charge is 0.332 e. The molecule has 7 aromatic rings. The van der Waals surface area contributed by atoms with Gasteiger partial charge in [0.1, 0.15) is 0 Å². The number of hydrogen-bond donors (Lipinski definition) is 0. The van der Waals surface area contributed by atoms with E-state index < -0.39 is 0 Å². The first kappa shape index (κ1) is 31.8. The molecule has 11 rings (SSSR count). The summed E-state index contributed by atoms with van der Waals surface area (Å²) in [5.74, 6) is 1.27. The van der Waals surface area contributed by atoms with Crippen LogP contribution in [0.3, 0.4) is 0 Å². The van der Waals surface area contributed by atoms with E-state index in [1.807, 2.05) is 0 Å². The average Bonchev–Trinajstić information content (AvgIpc) is 3.76. The summed E-state index contributed by atoms with van der Waals surface area (Å²) in [5.41, 5.74) is 20.5. The minimum absolute atomic E-state index is 0.0100. The Morgan fingerprint density at radius 3 is 1.87 bits per heavy atom. The van der Waals surface area contributed by atoms with E-state index in [-0.39, 0.29) is 17.4 Å². The molecule has 0 N–H and O–H groups in total. The summed E-state index contributed by atoms with van der Waals surface area (Å²) < 4.78 is 0.